The Morgan fingerprint density at radius 1 is 1.22 bits per heavy atom. The molecule has 0 saturated carbocycles. The van der Waals surface area contributed by atoms with Crippen LogP contribution in [0.1, 0.15) is 25.1 Å². The van der Waals surface area contributed by atoms with Crippen molar-refractivity contribution in [1.82, 2.24) is 15.3 Å². The quantitative estimate of drug-likeness (QED) is 0.736. The lowest BCUT2D eigenvalue weighted by Gasteiger charge is -2.29. The van der Waals surface area contributed by atoms with Crippen LogP contribution in [-0.2, 0) is 17.8 Å². The molecule has 1 N–H and O–H groups in total. The van der Waals surface area contributed by atoms with Crippen molar-refractivity contribution in [2.45, 2.75) is 38.9 Å². The van der Waals surface area contributed by atoms with Gasteiger partial charge < -0.3 is 10.2 Å². The minimum absolute atomic E-state index is 0.0481. The van der Waals surface area contributed by atoms with Crippen LogP contribution in [0.15, 0.2) is 54.9 Å². The SMILES string of the molecule is CC(C)N1c2sc(-c3ccccc3)nc2C[C@H]1C(=O)NCc1ccncc1. The summed E-state index contributed by atoms with van der Waals surface area (Å²) in [5.74, 6) is 0.0481. The van der Waals surface area contributed by atoms with Crippen LogP contribution in [0, 0.1) is 0 Å². The molecule has 2 aromatic heterocycles. The van der Waals surface area contributed by atoms with E-state index < -0.39 is 0 Å². The topological polar surface area (TPSA) is 58.1 Å². The van der Waals surface area contributed by atoms with Gasteiger partial charge in [0.25, 0.3) is 0 Å². The highest BCUT2D eigenvalue weighted by atomic mass is 32.1. The molecule has 3 heterocycles. The van der Waals surface area contributed by atoms with Crippen LogP contribution in [0.3, 0.4) is 0 Å². The van der Waals surface area contributed by atoms with Crippen LogP contribution in [0.25, 0.3) is 10.6 Å². The van der Waals surface area contributed by atoms with E-state index >= 15 is 0 Å². The maximum Gasteiger partial charge on any atom is 0.243 e. The van der Waals surface area contributed by atoms with E-state index in [9.17, 15) is 4.79 Å². The van der Waals surface area contributed by atoms with E-state index in [2.05, 4.69) is 41.2 Å². The monoisotopic (exact) mass is 378 g/mol. The van der Waals surface area contributed by atoms with Crippen LogP contribution in [0.5, 0.6) is 0 Å². The van der Waals surface area contributed by atoms with Crippen molar-refractivity contribution < 1.29 is 4.79 Å². The Kier molecular flexibility index (Phi) is 4.90. The zero-order valence-electron chi connectivity index (χ0n) is 15.4. The van der Waals surface area contributed by atoms with Crippen LogP contribution in [0.2, 0.25) is 0 Å². The number of amides is 1. The van der Waals surface area contributed by atoms with Gasteiger partial charge in [-0.3, -0.25) is 9.78 Å². The first-order valence-electron chi connectivity index (χ1n) is 9.13. The summed E-state index contributed by atoms with van der Waals surface area (Å²) in [4.78, 5) is 23.9. The molecule has 0 unspecified atom stereocenters. The van der Waals surface area contributed by atoms with Gasteiger partial charge in [-0.1, -0.05) is 41.7 Å². The maximum absolute atomic E-state index is 12.9. The number of pyridine rings is 1. The highest BCUT2D eigenvalue weighted by Crippen LogP contribution is 2.42. The molecule has 0 aliphatic carbocycles. The van der Waals surface area contributed by atoms with Crippen molar-refractivity contribution >= 4 is 22.2 Å². The van der Waals surface area contributed by atoms with Gasteiger partial charge in [-0.25, -0.2) is 4.98 Å². The average molecular weight is 379 g/mol. The summed E-state index contributed by atoms with van der Waals surface area (Å²) in [7, 11) is 0. The standard InChI is InChI=1S/C21H22N4OS/c1-14(2)25-18(19(26)23-13-15-8-10-22-11-9-15)12-17-21(25)27-20(24-17)16-6-4-3-5-7-16/h3-11,14,18H,12-13H2,1-2H3,(H,23,26)/t18-/m0/s1. The van der Waals surface area contributed by atoms with Crippen molar-refractivity contribution in [3.8, 4) is 10.6 Å². The summed E-state index contributed by atoms with van der Waals surface area (Å²) in [5.41, 5.74) is 3.20. The van der Waals surface area contributed by atoms with Gasteiger partial charge in [-0.2, -0.15) is 0 Å². The molecule has 4 rings (SSSR count). The summed E-state index contributed by atoms with van der Waals surface area (Å²) in [6.45, 7) is 4.76. The lowest BCUT2D eigenvalue weighted by Crippen LogP contribution is -2.48. The van der Waals surface area contributed by atoms with E-state index in [1.807, 2.05) is 30.3 Å². The molecule has 6 heteroatoms. The molecule has 5 nitrogen and oxygen atoms in total. The molecule has 0 radical (unpaired) electrons. The van der Waals surface area contributed by atoms with Gasteiger partial charge in [0.05, 0.1) is 5.69 Å². The van der Waals surface area contributed by atoms with E-state index in [1.54, 1.807) is 23.7 Å². The highest BCUT2D eigenvalue weighted by Gasteiger charge is 2.38. The van der Waals surface area contributed by atoms with E-state index in [0.29, 0.717) is 13.0 Å². The Labute approximate surface area is 163 Å². The van der Waals surface area contributed by atoms with Gasteiger partial charge in [-0.15, -0.1) is 0 Å². The fraction of sp³-hybridized carbons (Fsp3) is 0.286. The van der Waals surface area contributed by atoms with Gasteiger partial charge in [-0.05, 0) is 31.5 Å². The number of nitrogens with one attached hydrogen (secondary N) is 1. The van der Waals surface area contributed by atoms with E-state index in [4.69, 9.17) is 4.98 Å². The number of hydrogen-bond donors (Lipinski definition) is 1. The number of nitrogens with zero attached hydrogens (tertiary/aromatic N) is 3. The third-order valence-electron chi connectivity index (χ3n) is 4.73. The van der Waals surface area contributed by atoms with Crippen molar-refractivity contribution in [3.63, 3.8) is 0 Å². The summed E-state index contributed by atoms with van der Waals surface area (Å²) >= 11 is 1.67. The molecular weight excluding hydrogens is 356 g/mol. The number of aromatic nitrogens is 2. The Morgan fingerprint density at radius 3 is 2.67 bits per heavy atom. The van der Waals surface area contributed by atoms with Crippen molar-refractivity contribution in [2.75, 3.05) is 4.90 Å². The third-order valence-corrected chi connectivity index (χ3v) is 5.89. The molecule has 3 aromatic rings. The molecule has 1 atom stereocenters. The predicted molar refractivity (Wildman–Crippen MR) is 109 cm³/mol. The number of anilines is 1. The Bertz CT molecular complexity index is 924. The number of carbonyl (C=O) groups excluding carboxylic acids is 1. The average Bonchev–Trinajstić information content (AvgIpc) is 3.25. The molecular formula is C21H22N4OS. The second-order valence-electron chi connectivity index (χ2n) is 6.93. The second kappa shape index (κ2) is 7.48. The highest BCUT2D eigenvalue weighted by molar-refractivity contribution is 7.19. The number of hydrogen-bond acceptors (Lipinski definition) is 5. The minimum Gasteiger partial charge on any atom is -0.350 e. The number of benzene rings is 1. The molecule has 138 valence electrons. The molecule has 0 fully saturated rings. The largest absolute Gasteiger partial charge is 0.350 e. The first-order chi connectivity index (χ1) is 13.1. The zero-order chi connectivity index (χ0) is 18.8. The third kappa shape index (κ3) is 3.57. The Morgan fingerprint density at radius 2 is 1.96 bits per heavy atom. The lowest BCUT2D eigenvalue weighted by atomic mass is 10.1. The minimum atomic E-state index is -0.203. The molecule has 1 aliphatic rings. The summed E-state index contributed by atoms with van der Waals surface area (Å²) < 4.78 is 0. The first-order valence-corrected chi connectivity index (χ1v) is 9.95. The fourth-order valence-electron chi connectivity index (χ4n) is 3.43. The number of fused-ring (bicyclic) bond motifs is 1. The van der Waals surface area contributed by atoms with Gasteiger partial charge >= 0.3 is 0 Å². The van der Waals surface area contributed by atoms with Crippen LogP contribution < -0.4 is 10.2 Å². The number of rotatable bonds is 5. The van der Waals surface area contributed by atoms with Gasteiger partial charge in [0.15, 0.2) is 0 Å². The summed E-state index contributed by atoms with van der Waals surface area (Å²) in [6, 6.07) is 14.1. The van der Waals surface area contributed by atoms with Crippen molar-refractivity contribution in [1.29, 1.82) is 0 Å². The fourth-order valence-corrected chi connectivity index (χ4v) is 4.71. The lowest BCUT2D eigenvalue weighted by molar-refractivity contribution is -0.122. The smallest absolute Gasteiger partial charge is 0.243 e. The van der Waals surface area contributed by atoms with E-state index in [0.717, 1.165) is 26.8 Å². The molecule has 0 spiro atoms. The molecule has 1 amide bonds. The Balaban J connectivity index is 1.52. The Hall–Kier alpha value is -2.73. The van der Waals surface area contributed by atoms with Crippen molar-refractivity contribution in [2.24, 2.45) is 0 Å². The maximum atomic E-state index is 12.9. The van der Waals surface area contributed by atoms with Gasteiger partial charge in [0.2, 0.25) is 5.91 Å². The molecule has 1 aliphatic heterocycles. The predicted octanol–water partition coefficient (Wildman–Crippen LogP) is 3.66. The van der Waals surface area contributed by atoms with Gasteiger partial charge in [0.1, 0.15) is 16.1 Å². The van der Waals surface area contributed by atoms with E-state index in [1.165, 1.54) is 0 Å². The zero-order valence-corrected chi connectivity index (χ0v) is 16.2. The van der Waals surface area contributed by atoms with E-state index in [-0.39, 0.29) is 18.0 Å². The number of carbonyl (C=O) groups is 1. The number of thiazole rings is 1. The summed E-state index contributed by atoms with van der Waals surface area (Å²) in [6.07, 6.45) is 4.13. The summed E-state index contributed by atoms with van der Waals surface area (Å²) in [5, 5.41) is 5.20. The van der Waals surface area contributed by atoms with Crippen molar-refractivity contribution in [3.05, 3.63) is 66.1 Å². The molecule has 0 bridgehead atoms. The van der Waals surface area contributed by atoms with Crippen LogP contribution in [-0.4, -0.2) is 28.0 Å². The van der Waals surface area contributed by atoms with Gasteiger partial charge in [0, 0.05) is 37.0 Å². The normalized spacial score (nSPS) is 15.8. The second-order valence-corrected chi connectivity index (χ2v) is 7.91. The van der Waals surface area contributed by atoms with Crippen LogP contribution >= 0.6 is 11.3 Å². The molecule has 0 saturated heterocycles. The molecule has 1 aromatic carbocycles. The first kappa shape index (κ1) is 17.7. The molecule has 27 heavy (non-hydrogen) atoms. The van der Waals surface area contributed by atoms with Crippen LogP contribution in [0.4, 0.5) is 5.00 Å².